The molecule has 108 valence electrons. The van der Waals surface area contributed by atoms with Crippen molar-refractivity contribution in [2.75, 3.05) is 6.54 Å². The summed E-state index contributed by atoms with van der Waals surface area (Å²) >= 11 is 0. The van der Waals surface area contributed by atoms with Crippen LogP contribution in [-0.4, -0.2) is 29.7 Å². The quantitative estimate of drug-likeness (QED) is 0.695. The Kier molecular flexibility index (Phi) is 6.29. The van der Waals surface area contributed by atoms with E-state index < -0.39 is 18.0 Å². The minimum atomic E-state index is -1.05. The van der Waals surface area contributed by atoms with Crippen LogP contribution >= 0.6 is 0 Å². The zero-order chi connectivity index (χ0) is 15.0. The van der Waals surface area contributed by atoms with Crippen molar-refractivity contribution >= 4 is 12.0 Å². The maximum Gasteiger partial charge on any atom is 0.326 e. The number of carbonyl (C=O) groups is 2. The van der Waals surface area contributed by atoms with Crippen molar-refractivity contribution in [2.24, 2.45) is 0 Å². The monoisotopic (exact) mass is 276 g/mol. The molecule has 0 spiro atoms. The third-order valence-electron chi connectivity index (χ3n) is 2.66. The van der Waals surface area contributed by atoms with Crippen LogP contribution in [0.4, 0.5) is 4.79 Å². The average Bonchev–Trinajstić information content (AvgIpc) is 2.38. The van der Waals surface area contributed by atoms with Gasteiger partial charge in [0.05, 0.1) is 0 Å². The number of carbonyl (C=O) groups excluding carboxylic acids is 1. The van der Waals surface area contributed by atoms with Gasteiger partial charge in [-0.3, -0.25) is 0 Å². The minimum Gasteiger partial charge on any atom is -0.480 e. The lowest BCUT2D eigenvalue weighted by molar-refractivity contribution is -0.139. The summed E-state index contributed by atoms with van der Waals surface area (Å²) in [5.41, 5.74) is 1.95. The van der Waals surface area contributed by atoms with Gasteiger partial charge in [-0.2, -0.15) is 0 Å². The van der Waals surface area contributed by atoms with Crippen LogP contribution in [0.3, 0.4) is 0 Å². The van der Waals surface area contributed by atoms with Gasteiger partial charge in [-0.1, -0.05) is 42.0 Å². The smallest absolute Gasteiger partial charge is 0.326 e. The summed E-state index contributed by atoms with van der Waals surface area (Å²) in [5.74, 6) is -1.05. The van der Waals surface area contributed by atoms with Crippen molar-refractivity contribution in [2.45, 2.75) is 26.3 Å². The first-order chi connectivity index (χ1) is 9.49. The zero-order valence-corrected chi connectivity index (χ0v) is 11.7. The number of carboxylic acid groups (broad SMARTS) is 1. The zero-order valence-electron chi connectivity index (χ0n) is 11.7. The summed E-state index contributed by atoms with van der Waals surface area (Å²) in [6, 6.07) is 7.78. The number of nitrogens with one attached hydrogen (secondary N) is 2. The number of carboxylic acids is 1. The molecule has 1 atom stereocenters. The number of benzene rings is 1. The summed E-state index contributed by atoms with van der Waals surface area (Å²) in [5, 5.41) is 14.2. The van der Waals surface area contributed by atoms with E-state index in [0.717, 1.165) is 11.1 Å². The molecule has 20 heavy (non-hydrogen) atoms. The molecule has 1 rings (SSSR count). The summed E-state index contributed by atoms with van der Waals surface area (Å²) < 4.78 is 0. The van der Waals surface area contributed by atoms with Gasteiger partial charge in [0.1, 0.15) is 6.04 Å². The Bertz CT molecular complexity index is 479. The van der Waals surface area contributed by atoms with E-state index in [1.807, 2.05) is 50.3 Å². The first kappa shape index (κ1) is 15.8. The number of aliphatic carboxylic acids is 1. The molecule has 3 N–H and O–H groups in total. The molecule has 0 unspecified atom stereocenters. The molecular formula is C15H20N2O3. The number of hydrogen-bond acceptors (Lipinski definition) is 2. The van der Waals surface area contributed by atoms with E-state index in [1.54, 1.807) is 0 Å². The lowest BCUT2D eigenvalue weighted by Gasteiger charge is -2.15. The highest BCUT2D eigenvalue weighted by atomic mass is 16.4. The van der Waals surface area contributed by atoms with Crippen LogP contribution < -0.4 is 10.6 Å². The SMILES string of the molecule is CC(C)=CCNC(=O)N[C@H](Cc1ccccc1)C(=O)O. The Morgan fingerprint density at radius 1 is 1.25 bits per heavy atom. The van der Waals surface area contributed by atoms with Crippen molar-refractivity contribution in [3.8, 4) is 0 Å². The normalized spacial score (nSPS) is 11.3. The summed E-state index contributed by atoms with van der Waals surface area (Å²) in [7, 11) is 0. The maximum absolute atomic E-state index is 11.6. The van der Waals surface area contributed by atoms with Crippen molar-refractivity contribution in [1.82, 2.24) is 10.6 Å². The van der Waals surface area contributed by atoms with Crippen LogP contribution in [0.1, 0.15) is 19.4 Å². The topological polar surface area (TPSA) is 78.4 Å². The van der Waals surface area contributed by atoms with E-state index in [2.05, 4.69) is 10.6 Å². The molecule has 0 saturated heterocycles. The Morgan fingerprint density at radius 2 is 1.90 bits per heavy atom. The second-order valence-electron chi connectivity index (χ2n) is 4.72. The molecule has 0 radical (unpaired) electrons. The van der Waals surface area contributed by atoms with E-state index in [-0.39, 0.29) is 6.42 Å². The first-order valence-corrected chi connectivity index (χ1v) is 6.43. The Hall–Kier alpha value is -2.30. The van der Waals surface area contributed by atoms with Crippen LogP contribution in [0.2, 0.25) is 0 Å². The maximum atomic E-state index is 11.6. The Balaban J connectivity index is 2.53. The van der Waals surface area contributed by atoms with E-state index >= 15 is 0 Å². The highest BCUT2D eigenvalue weighted by Crippen LogP contribution is 2.03. The van der Waals surface area contributed by atoms with E-state index in [0.29, 0.717) is 6.54 Å². The van der Waals surface area contributed by atoms with Crippen molar-refractivity contribution in [1.29, 1.82) is 0 Å². The van der Waals surface area contributed by atoms with Gasteiger partial charge in [-0.15, -0.1) is 0 Å². The molecule has 1 aromatic carbocycles. The summed E-state index contributed by atoms with van der Waals surface area (Å²) in [6.45, 7) is 4.23. The van der Waals surface area contributed by atoms with Crippen molar-refractivity contribution < 1.29 is 14.7 Å². The van der Waals surface area contributed by atoms with Crippen LogP contribution in [0, 0.1) is 0 Å². The molecular weight excluding hydrogens is 256 g/mol. The fraction of sp³-hybridized carbons (Fsp3) is 0.333. The third-order valence-corrected chi connectivity index (χ3v) is 2.66. The fourth-order valence-electron chi connectivity index (χ4n) is 1.61. The minimum absolute atomic E-state index is 0.256. The highest BCUT2D eigenvalue weighted by Gasteiger charge is 2.19. The standard InChI is InChI=1S/C15H20N2O3/c1-11(2)8-9-16-15(20)17-13(14(18)19)10-12-6-4-3-5-7-12/h3-8,13H,9-10H2,1-2H3,(H,18,19)(H2,16,17,20)/t13-/m1/s1. The molecule has 2 amide bonds. The van der Waals surface area contributed by atoms with Gasteiger partial charge in [0.15, 0.2) is 0 Å². The van der Waals surface area contributed by atoms with Crippen LogP contribution in [0.15, 0.2) is 42.0 Å². The molecule has 0 bridgehead atoms. The number of urea groups is 1. The first-order valence-electron chi connectivity index (χ1n) is 6.43. The molecule has 5 heteroatoms. The lowest BCUT2D eigenvalue weighted by atomic mass is 10.1. The summed E-state index contributed by atoms with van der Waals surface area (Å²) in [4.78, 5) is 22.8. The number of hydrogen-bond donors (Lipinski definition) is 3. The van der Waals surface area contributed by atoms with Gasteiger partial charge in [0.25, 0.3) is 0 Å². The van der Waals surface area contributed by atoms with Crippen LogP contribution in [-0.2, 0) is 11.2 Å². The van der Waals surface area contributed by atoms with Gasteiger partial charge < -0.3 is 15.7 Å². The number of rotatable bonds is 6. The van der Waals surface area contributed by atoms with Gasteiger partial charge in [-0.25, -0.2) is 9.59 Å². The van der Waals surface area contributed by atoms with Gasteiger partial charge in [0, 0.05) is 13.0 Å². The molecule has 0 saturated carbocycles. The third kappa shape index (κ3) is 6.04. The van der Waals surface area contributed by atoms with Crippen molar-refractivity contribution in [3.05, 3.63) is 47.5 Å². The van der Waals surface area contributed by atoms with Crippen LogP contribution in [0.25, 0.3) is 0 Å². The highest BCUT2D eigenvalue weighted by molar-refractivity contribution is 5.82. The molecule has 0 aliphatic heterocycles. The average molecular weight is 276 g/mol. The lowest BCUT2D eigenvalue weighted by Crippen LogP contribution is -2.47. The number of amides is 2. The molecule has 0 fully saturated rings. The molecule has 0 aliphatic carbocycles. The van der Waals surface area contributed by atoms with Gasteiger partial charge in [-0.05, 0) is 19.4 Å². The number of allylic oxidation sites excluding steroid dienone is 1. The fourth-order valence-corrected chi connectivity index (χ4v) is 1.61. The van der Waals surface area contributed by atoms with Crippen molar-refractivity contribution in [3.63, 3.8) is 0 Å². The predicted molar refractivity (Wildman–Crippen MR) is 77.5 cm³/mol. The van der Waals surface area contributed by atoms with E-state index in [4.69, 9.17) is 5.11 Å². The second kappa shape index (κ2) is 7.99. The molecule has 1 aromatic rings. The van der Waals surface area contributed by atoms with E-state index in [1.165, 1.54) is 0 Å². The molecule has 0 aromatic heterocycles. The van der Waals surface area contributed by atoms with Crippen LogP contribution in [0.5, 0.6) is 0 Å². The molecule has 0 aliphatic rings. The Morgan fingerprint density at radius 3 is 2.45 bits per heavy atom. The predicted octanol–water partition coefficient (Wildman–Crippen LogP) is 1.95. The van der Waals surface area contributed by atoms with E-state index in [9.17, 15) is 9.59 Å². The second-order valence-corrected chi connectivity index (χ2v) is 4.72. The van der Waals surface area contributed by atoms with Gasteiger partial charge in [0.2, 0.25) is 0 Å². The largest absolute Gasteiger partial charge is 0.480 e. The van der Waals surface area contributed by atoms with Gasteiger partial charge >= 0.3 is 12.0 Å². The summed E-state index contributed by atoms with van der Waals surface area (Å²) in [6.07, 6.45) is 2.11. The molecule has 5 nitrogen and oxygen atoms in total. The molecule has 0 heterocycles. The Labute approximate surface area is 118 Å².